The van der Waals surface area contributed by atoms with Crippen LogP contribution in [0, 0.1) is 5.92 Å². The largest absolute Gasteiger partial charge is 0.492 e. The molecule has 3 rings (SSSR count). The van der Waals surface area contributed by atoms with Gasteiger partial charge in [-0.1, -0.05) is 32.0 Å². The topological polar surface area (TPSA) is 61.0 Å². The number of rotatable bonds is 3. The van der Waals surface area contributed by atoms with Gasteiger partial charge in [0, 0.05) is 17.3 Å². The number of nitrogens with two attached hydrogens (primary N) is 1. The first-order valence-corrected chi connectivity index (χ1v) is 6.98. The van der Waals surface area contributed by atoms with E-state index in [0.717, 1.165) is 29.3 Å². The number of nitrogen functional groups attached to an aromatic ring is 1. The summed E-state index contributed by atoms with van der Waals surface area (Å²) < 4.78 is 5.71. The molecule has 4 heteroatoms. The molecule has 0 amide bonds. The number of hydrogen-bond acceptors (Lipinski definition) is 4. The van der Waals surface area contributed by atoms with Gasteiger partial charge in [-0.3, -0.25) is 0 Å². The fourth-order valence-electron chi connectivity index (χ4n) is 2.59. The molecule has 1 aromatic carbocycles. The van der Waals surface area contributed by atoms with Crippen LogP contribution in [0.5, 0.6) is 5.75 Å². The van der Waals surface area contributed by atoms with Crippen molar-refractivity contribution in [1.29, 1.82) is 0 Å². The summed E-state index contributed by atoms with van der Waals surface area (Å²) in [6, 6.07) is 9.91. The second-order valence-corrected chi connectivity index (χ2v) is 5.64. The van der Waals surface area contributed by atoms with Gasteiger partial charge in [-0.25, -0.2) is 9.97 Å². The maximum absolute atomic E-state index is 5.93. The van der Waals surface area contributed by atoms with Crippen molar-refractivity contribution in [3.8, 4) is 5.75 Å². The maximum atomic E-state index is 5.93. The predicted molar refractivity (Wildman–Crippen MR) is 78.8 cm³/mol. The molecule has 4 nitrogen and oxygen atoms in total. The molecule has 1 unspecified atom stereocenters. The Morgan fingerprint density at radius 3 is 2.90 bits per heavy atom. The fraction of sp³-hybridized carbons (Fsp3) is 0.375. The summed E-state index contributed by atoms with van der Waals surface area (Å²) in [5.74, 6) is 2.86. The van der Waals surface area contributed by atoms with Crippen LogP contribution in [0.2, 0.25) is 0 Å². The van der Waals surface area contributed by atoms with Gasteiger partial charge >= 0.3 is 0 Å². The molecule has 1 aromatic heterocycles. The van der Waals surface area contributed by atoms with Crippen LogP contribution in [0.3, 0.4) is 0 Å². The van der Waals surface area contributed by atoms with Gasteiger partial charge in [-0.2, -0.15) is 0 Å². The number of para-hydroxylation sites is 1. The van der Waals surface area contributed by atoms with E-state index in [-0.39, 0.29) is 5.92 Å². The lowest BCUT2D eigenvalue weighted by Crippen LogP contribution is -2.12. The van der Waals surface area contributed by atoms with Gasteiger partial charge in [0.2, 0.25) is 0 Å². The Kier molecular flexibility index (Phi) is 3.30. The minimum atomic E-state index is 0.0839. The Balaban J connectivity index is 1.97. The number of nitrogens with zero attached hydrogens (tertiary/aromatic N) is 2. The highest BCUT2D eigenvalue weighted by molar-refractivity contribution is 5.44. The van der Waals surface area contributed by atoms with Gasteiger partial charge in [0.15, 0.2) is 0 Å². The zero-order valence-electron chi connectivity index (χ0n) is 11.8. The van der Waals surface area contributed by atoms with Crippen LogP contribution in [-0.4, -0.2) is 16.6 Å². The van der Waals surface area contributed by atoms with E-state index < -0.39 is 0 Å². The lowest BCUT2D eigenvalue weighted by atomic mass is 10.00. The third-order valence-electron chi connectivity index (χ3n) is 3.45. The number of fused-ring (bicyclic) bond motifs is 1. The summed E-state index contributed by atoms with van der Waals surface area (Å²) in [4.78, 5) is 9.09. The van der Waals surface area contributed by atoms with Crippen molar-refractivity contribution < 1.29 is 4.74 Å². The van der Waals surface area contributed by atoms with E-state index in [2.05, 4.69) is 29.9 Å². The number of aromatic nitrogens is 2. The van der Waals surface area contributed by atoms with Gasteiger partial charge in [-0.15, -0.1) is 0 Å². The number of anilines is 1. The molecule has 0 bridgehead atoms. The number of ether oxygens (including phenoxy) is 1. The Morgan fingerprint density at radius 2 is 2.10 bits per heavy atom. The van der Waals surface area contributed by atoms with Crippen LogP contribution in [0.1, 0.15) is 36.8 Å². The standard InChI is InChI=1S/C16H19N3O/c1-10(2)7-11-8-15(17)19-16(18-11)13-9-20-14-6-4-3-5-12(13)14/h3-6,8,10,13H,7,9H2,1-2H3,(H2,17,18,19). The van der Waals surface area contributed by atoms with E-state index in [9.17, 15) is 0 Å². The van der Waals surface area contributed by atoms with E-state index >= 15 is 0 Å². The van der Waals surface area contributed by atoms with E-state index in [4.69, 9.17) is 10.5 Å². The van der Waals surface area contributed by atoms with E-state index in [1.807, 2.05) is 24.3 Å². The zero-order valence-corrected chi connectivity index (χ0v) is 11.8. The molecule has 0 fully saturated rings. The zero-order chi connectivity index (χ0) is 14.1. The average molecular weight is 269 g/mol. The van der Waals surface area contributed by atoms with E-state index in [1.165, 1.54) is 0 Å². The van der Waals surface area contributed by atoms with Gasteiger partial charge in [0.1, 0.15) is 24.0 Å². The van der Waals surface area contributed by atoms with Crippen molar-refractivity contribution in [2.75, 3.05) is 12.3 Å². The monoisotopic (exact) mass is 269 g/mol. The van der Waals surface area contributed by atoms with Crippen molar-refractivity contribution in [1.82, 2.24) is 9.97 Å². The molecule has 2 N–H and O–H groups in total. The van der Waals surface area contributed by atoms with Crippen molar-refractivity contribution in [3.05, 3.63) is 47.4 Å². The summed E-state index contributed by atoms with van der Waals surface area (Å²) in [5, 5.41) is 0. The van der Waals surface area contributed by atoms with Crippen molar-refractivity contribution in [3.63, 3.8) is 0 Å². The molecule has 0 aliphatic carbocycles. The highest BCUT2D eigenvalue weighted by Crippen LogP contribution is 2.36. The molecular formula is C16H19N3O. The minimum Gasteiger partial charge on any atom is -0.492 e. The Morgan fingerprint density at radius 1 is 1.30 bits per heavy atom. The molecule has 20 heavy (non-hydrogen) atoms. The summed E-state index contributed by atoms with van der Waals surface area (Å²) >= 11 is 0. The normalized spacial score (nSPS) is 17.1. The van der Waals surface area contributed by atoms with Crippen LogP contribution in [0.25, 0.3) is 0 Å². The van der Waals surface area contributed by atoms with Crippen molar-refractivity contribution in [2.45, 2.75) is 26.2 Å². The molecule has 0 saturated heterocycles. The third-order valence-corrected chi connectivity index (χ3v) is 3.45. The Hall–Kier alpha value is -2.10. The highest BCUT2D eigenvalue weighted by Gasteiger charge is 2.28. The van der Waals surface area contributed by atoms with Gasteiger partial charge in [0.05, 0.1) is 5.92 Å². The van der Waals surface area contributed by atoms with Gasteiger partial charge in [-0.05, 0) is 18.4 Å². The van der Waals surface area contributed by atoms with Crippen LogP contribution in [0.4, 0.5) is 5.82 Å². The molecule has 1 aliphatic rings. The van der Waals surface area contributed by atoms with Crippen molar-refractivity contribution >= 4 is 5.82 Å². The van der Waals surface area contributed by atoms with Crippen LogP contribution in [0.15, 0.2) is 30.3 Å². The van der Waals surface area contributed by atoms with Gasteiger partial charge < -0.3 is 10.5 Å². The minimum absolute atomic E-state index is 0.0839. The van der Waals surface area contributed by atoms with E-state index in [1.54, 1.807) is 0 Å². The number of benzene rings is 1. The second-order valence-electron chi connectivity index (χ2n) is 5.64. The average Bonchev–Trinajstić information content (AvgIpc) is 2.80. The molecule has 0 spiro atoms. The SMILES string of the molecule is CC(C)Cc1cc(N)nc(C2COc3ccccc32)n1. The Labute approximate surface area is 119 Å². The van der Waals surface area contributed by atoms with Crippen LogP contribution in [-0.2, 0) is 6.42 Å². The smallest absolute Gasteiger partial charge is 0.142 e. The van der Waals surface area contributed by atoms with Gasteiger partial charge in [0.25, 0.3) is 0 Å². The molecule has 104 valence electrons. The third kappa shape index (κ3) is 2.46. The molecule has 1 atom stereocenters. The quantitative estimate of drug-likeness (QED) is 0.930. The molecule has 0 radical (unpaired) electrons. The maximum Gasteiger partial charge on any atom is 0.142 e. The molecule has 1 aliphatic heterocycles. The van der Waals surface area contributed by atoms with Crippen LogP contribution < -0.4 is 10.5 Å². The summed E-state index contributed by atoms with van der Waals surface area (Å²) in [5.41, 5.74) is 8.08. The van der Waals surface area contributed by atoms with Crippen molar-refractivity contribution in [2.24, 2.45) is 5.92 Å². The lowest BCUT2D eigenvalue weighted by Gasteiger charge is -2.11. The first kappa shape index (κ1) is 12.9. The second kappa shape index (κ2) is 5.12. The summed E-state index contributed by atoms with van der Waals surface area (Å²) in [7, 11) is 0. The number of hydrogen-bond donors (Lipinski definition) is 1. The summed E-state index contributed by atoms with van der Waals surface area (Å²) in [6.45, 7) is 4.93. The first-order valence-electron chi connectivity index (χ1n) is 6.98. The predicted octanol–water partition coefficient (Wildman–Crippen LogP) is 2.78. The molecular weight excluding hydrogens is 250 g/mol. The lowest BCUT2D eigenvalue weighted by molar-refractivity contribution is 0.339. The molecule has 0 saturated carbocycles. The van der Waals surface area contributed by atoms with Crippen LogP contribution >= 0.6 is 0 Å². The highest BCUT2D eigenvalue weighted by atomic mass is 16.5. The Bertz CT molecular complexity index is 625. The molecule has 2 heterocycles. The fourth-order valence-corrected chi connectivity index (χ4v) is 2.59. The van der Waals surface area contributed by atoms with E-state index in [0.29, 0.717) is 18.3 Å². The molecule has 2 aromatic rings. The first-order chi connectivity index (χ1) is 9.63. The summed E-state index contributed by atoms with van der Waals surface area (Å²) in [6.07, 6.45) is 0.912.